The number of hydrogen-bond acceptors (Lipinski definition) is 3. The number of carbonyl (C=O) groups excluding carboxylic acids is 1. The van der Waals surface area contributed by atoms with Gasteiger partial charge in [0.25, 0.3) is 0 Å². The van der Waals surface area contributed by atoms with Crippen LogP contribution in [0, 0.1) is 0 Å². The summed E-state index contributed by atoms with van der Waals surface area (Å²) in [5, 5.41) is 6.60. The van der Waals surface area contributed by atoms with Gasteiger partial charge in [0.1, 0.15) is 0 Å². The monoisotopic (exact) mass is 258 g/mol. The van der Waals surface area contributed by atoms with E-state index in [1.807, 2.05) is 24.3 Å². The molecule has 5 heteroatoms. The van der Waals surface area contributed by atoms with Crippen LogP contribution in [0.1, 0.15) is 16.7 Å². The predicted molar refractivity (Wildman–Crippen MR) is 73.1 cm³/mol. The summed E-state index contributed by atoms with van der Waals surface area (Å²) in [6.45, 7) is 1.01. The van der Waals surface area contributed by atoms with Gasteiger partial charge in [0.05, 0.1) is 12.6 Å². The summed E-state index contributed by atoms with van der Waals surface area (Å²) < 4.78 is 0. The maximum Gasteiger partial charge on any atom is 0.227 e. The number of nitrogens with two attached hydrogens (primary N) is 1. The number of amides is 1. The highest BCUT2D eigenvalue weighted by atomic mass is 16.2. The molecule has 1 amide bonds. The lowest BCUT2D eigenvalue weighted by Crippen LogP contribution is -2.28. The van der Waals surface area contributed by atoms with Crippen LogP contribution in [0.2, 0.25) is 0 Å². The molecule has 5 nitrogen and oxygen atoms in total. The lowest BCUT2D eigenvalue weighted by molar-refractivity contribution is -0.129. The predicted octanol–water partition coefficient (Wildman–Crippen LogP) is 1.07. The Morgan fingerprint density at radius 3 is 2.74 bits per heavy atom. The Morgan fingerprint density at radius 2 is 2.11 bits per heavy atom. The fraction of sp³-hybridized carbons (Fsp3) is 0.286. The van der Waals surface area contributed by atoms with Crippen LogP contribution in [0.3, 0.4) is 0 Å². The zero-order valence-electron chi connectivity index (χ0n) is 11.0. The maximum absolute atomic E-state index is 12.2. The molecule has 2 aromatic rings. The van der Waals surface area contributed by atoms with Crippen molar-refractivity contribution in [2.24, 2.45) is 5.73 Å². The first kappa shape index (κ1) is 13.3. The van der Waals surface area contributed by atoms with Crippen molar-refractivity contribution in [2.75, 3.05) is 7.05 Å². The molecule has 100 valence electrons. The fourth-order valence-electron chi connectivity index (χ4n) is 1.95. The number of nitrogens with one attached hydrogen (secondary N) is 1. The van der Waals surface area contributed by atoms with Gasteiger partial charge in [-0.15, -0.1) is 0 Å². The van der Waals surface area contributed by atoms with Crippen molar-refractivity contribution in [3.8, 4) is 0 Å². The average Bonchev–Trinajstić information content (AvgIpc) is 2.92. The molecule has 2 rings (SSSR count). The lowest BCUT2D eigenvalue weighted by Gasteiger charge is -2.17. The first-order chi connectivity index (χ1) is 9.20. The van der Waals surface area contributed by atoms with Crippen molar-refractivity contribution in [3.05, 3.63) is 53.3 Å². The first-order valence-electron chi connectivity index (χ1n) is 6.19. The smallest absolute Gasteiger partial charge is 0.227 e. The number of carbonyl (C=O) groups is 1. The Hall–Kier alpha value is -2.14. The molecule has 0 saturated carbocycles. The number of likely N-dealkylation sites (N-methyl/N-ethyl adjacent to an activating group) is 1. The van der Waals surface area contributed by atoms with Gasteiger partial charge in [-0.05, 0) is 11.1 Å². The van der Waals surface area contributed by atoms with Crippen LogP contribution < -0.4 is 5.73 Å². The standard InChI is InChI=1S/C14H18N4O/c1-18(10-11-8-16-17-9-11)14(19)6-12-4-2-3-5-13(12)7-15/h2-5,8-9H,6-7,10,15H2,1H3,(H,16,17). The molecule has 0 atom stereocenters. The molecule has 1 aromatic carbocycles. The Bertz CT molecular complexity index is 536. The van der Waals surface area contributed by atoms with E-state index >= 15 is 0 Å². The maximum atomic E-state index is 12.2. The van der Waals surface area contributed by atoms with E-state index in [1.165, 1.54) is 0 Å². The first-order valence-corrected chi connectivity index (χ1v) is 6.19. The minimum atomic E-state index is 0.0714. The van der Waals surface area contributed by atoms with E-state index in [-0.39, 0.29) is 5.91 Å². The van der Waals surface area contributed by atoms with Crippen molar-refractivity contribution in [1.29, 1.82) is 0 Å². The fourth-order valence-corrected chi connectivity index (χ4v) is 1.95. The summed E-state index contributed by atoms with van der Waals surface area (Å²) in [5.74, 6) is 0.0714. The molecule has 0 aliphatic rings. The summed E-state index contributed by atoms with van der Waals surface area (Å²) in [4.78, 5) is 13.9. The zero-order chi connectivity index (χ0) is 13.7. The van der Waals surface area contributed by atoms with Crippen LogP contribution in [-0.4, -0.2) is 28.1 Å². The highest BCUT2D eigenvalue weighted by molar-refractivity contribution is 5.78. The number of aromatic amines is 1. The molecule has 0 spiro atoms. The molecule has 19 heavy (non-hydrogen) atoms. The Labute approximate surface area is 112 Å². The topological polar surface area (TPSA) is 75.0 Å². The molecule has 0 bridgehead atoms. The van der Waals surface area contributed by atoms with Gasteiger partial charge in [-0.1, -0.05) is 24.3 Å². The van der Waals surface area contributed by atoms with Gasteiger partial charge in [0.2, 0.25) is 5.91 Å². The molecule has 0 aliphatic heterocycles. The van der Waals surface area contributed by atoms with Crippen LogP contribution in [0.5, 0.6) is 0 Å². The third-order valence-electron chi connectivity index (χ3n) is 3.08. The van der Waals surface area contributed by atoms with Crippen LogP contribution >= 0.6 is 0 Å². The second-order valence-corrected chi connectivity index (χ2v) is 4.51. The third kappa shape index (κ3) is 3.42. The van der Waals surface area contributed by atoms with Crippen molar-refractivity contribution < 1.29 is 4.79 Å². The number of hydrogen-bond donors (Lipinski definition) is 2. The van der Waals surface area contributed by atoms with E-state index in [0.29, 0.717) is 19.5 Å². The van der Waals surface area contributed by atoms with E-state index < -0.39 is 0 Å². The SMILES string of the molecule is CN(Cc1cn[nH]c1)C(=O)Cc1ccccc1CN. The van der Waals surface area contributed by atoms with E-state index in [0.717, 1.165) is 16.7 Å². The summed E-state index contributed by atoms with van der Waals surface area (Å²) in [6, 6.07) is 7.77. The van der Waals surface area contributed by atoms with Crippen molar-refractivity contribution in [3.63, 3.8) is 0 Å². The van der Waals surface area contributed by atoms with Crippen LogP contribution in [0.4, 0.5) is 0 Å². The highest BCUT2D eigenvalue weighted by Gasteiger charge is 2.12. The zero-order valence-corrected chi connectivity index (χ0v) is 11.0. The number of H-pyrrole nitrogens is 1. The second-order valence-electron chi connectivity index (χ2n) is 4.51. The summed E-state index contributed by atoms with van der Waals surface area (Å²) >= 11 is 0. The minimum Gasteiger partial charge on any atom is -0.341 e. The van der Waals surface area contributed by atoms with E-state index in [9.17, 15) is 4.79 Å². The number of aromatic nitrogens is 2. The second kappa shape index (κ2) is 6.15. The van der Waals surface area contributed by atoms with Crippen molar-refractivity contribution >= 4 is 5.91 Å². The molecule has 0 aliphatic carbocycles. The normalized spacial score (nSPS) is 10.4. The van der Waals surface area contributed by atoms with E-state index in [4.69, 9.17) is 5.73 Å². The van der Waals surface area contributed by atoms with Crippen molar-refractivity contribution in [2.45, 2.75) is 19.5 Å². The summed E-state index contributed by atoms with van der Waals surface area (Å²) in [6.07, 6.45) is 3.89. The quantitative estimate of drug-likeness (QED) is 0.842. The molecule has 1 heterocycles. The van der Waals surface area contributed by atoms with Gasteiger partial charge in [0.15, 0.2) is 0 Å². The van der Waals surface area contributed by atoms with Crippen LogP contribution in [0.25, 0.3) is 0 Å². The van der Waals surface area contributed by atoms with Gasteiger partial charge < -0.3 is 10.6 Å². The Balaban J connectivity index is 2.00. The third-order valence-corrected chi connectivity index (χ3v) is 3.08. The molecule has 1 aromatic heterocycles. The van der Waals surface area contributed by atoms with Gasteiger partial charge in [0, 0.05) is 31.9 Å². The molecular formula is C14H18N4O. The average molecular weight is 258 g/mol. The van der Waals surface area contributed by atoms with Crippen LogP contribution in [0.15, 0.2) is 36.7 Å². The molecule has 3 N–H and O–H groups in total. The van der Waals surface area contributed by atoms with Gasteiger partial charge in [-0.3, -0.25) is 9.89 Å². The summed E-state index contributed by atoms with van der Waals surface area (Å²) in [5.41, 5.74) is 8.68. The largest absolute Gasteiger partial charge is 0.341 e. The molecule has 0 saturated heterocycles. The molecule has 0 unspecified atom stereocenters. The van der Waals surface area contributed by atoms with E-state index in [2.05, 4.69) is 10.2 Å². The Morgan fingerprint density at radius 1 is 1.37 bits per heavy atom. The highest BCUT2D eigenvalue weighted by Crippen LogP contribution is 2.11. The molecule has 0 fully saturated rings. The summed E-state index contributed by atoms with van der Waals surface area (Å²) in [7, 11) is 1.79. The molecular weight excluding hydrogens is 240 g/mol. The number of rotatable bonds is 5. The Kier molecular flexibility index (Phi) is 4.30. The number of benzene rings is 1. The van der Waals surface area contributed by atoms with Gasteiger partial charge in [-0.2, -0.15) is 5.10 Å². The van der Waals surface area contributed by atoms with Crippen LogP contribution in [-0.2, 0) is 24.3 Å². The van der Waals surface area contributed by atoms with E-state index in [1.54, 1.807) is 24.3 Å². The lowest BCUT2D eigenvalue weighted by atomic mass is 10.0. The minimum absolute atomic E-state index is 0.0714. The van der Waals surface area contributed by atoms with Crippen molar-refractivity contribution in [1.82, 2.24) is 15.1 Å². The number of nitrogens with zero attached hydrogens (tertiary/aromatic N) is 2. The van der Waals surface area contributed by atoms with Gasteiger partial charge >= 0.3 is 0 Å². The molecule has 0 radical (unpaired) electrons. The van der Waals surface area contributed by atoms with Gasteiger partial charge in [-0.25, -0.2) is 0 Å².